The highest BCUT2D eigenvalue weighted by Crippen LogP contribution is 2.16. The van der Waals surface area contributed by atoms with E-state index in [0.29, 0.717) is 31.7 Å². The summed E-state index contributed by atoms with van der Waals surface area (Å²) in [5, 5.41) is 10.3. The first-order valence-electron chi connectivity index (χ1n) is 8.89. The number of aliphatic hydroxyl groups is 1. The van der Waals surface area contributed by atoms with E-state index in [1.165, 1.54) is 16.7 Å². The standard InChI is InChI=1S/C20H35NO2/c1-7-18(6)21(12-20(22)14-23-13-15(2)3)11-19-10-16(4)8-9-17(19)5/h8-10,15,18,20,22H,7,11-14H2,1-6H3. The van der Waals surface area contributed by atoms with Crippen LogP contribution in [0.25, 0.3) is 0 Å². The van der Waals surface area contributed by atoms with Crippen molar-refractivity contribution < 1.29 is 9.84 Å². The number of aliphatic hydroxyl groups excluding tert-OH is 1. The number of hydrogen-bond donors (Lipinski definition) is 1. The SMILES string of the molecule is CCC(C)N(Cc1cc(C)ccc1C)CC(O)COCC(C)C. The Balaban J connectivity index is 2.67. The van der Waals surface area contributed by atoms with E-state index in [1.807, 2.05) is 0 Å². The average Bonchev–Trinajstić information content (AvgIpc) is 2.49. The molecule has 0 heterocycles. The van der Waals surface area contributed by atoms with Crippen LogP contribution in [0.15, 0.2) is 18.2 Å². The fourth-order valence-corrected chi connectivity index (χ4v) is 2.61. The van der Waals surface area contributed by atoms with Gasteiger partial charge in [-0.1, -0.05) is 44.5 Å². The summed E-state index contributed by atoms with van der Waals surface area (Å²) in [4.78, 5) is 2.37. The predicted molar refractivity (Wildman–Crippen MR) is 97.7 cm³/mol. The molecule has 0 saturated carbocycles. The summed E-state index contributed by atoms with van der Waals surface area (Å²) in [6, 6.07) is 7.03. The number of hydrogen-bond acceptors (Lipinski definition) is 3. The minimum atomic E-state index is -0.437. The maximum atomic E-state index is 10.3. The summed E-state index contributed by atoms with van der Waals surface area (Å²) in [6.45, 7) is 15.6. The van der Waals surface area contributed by atoms with E-state index in [1.54, 1.807) is 0 Å². The van der Waals surface area contributed by atoms with Gasteiger partial charge >= 0.3 is 0 Å². The van der Waals surface area contributed by atoms with E-state index in [4.69, 9.17) is 4.74 Å². The molecule has 1 rings (SSSR count). The molecular formula is C20H35NO2. The highest BCUT2D eigenvalue weighted by atomic mass is 16.5. The molecule has 0 radical (unpaired) electrons. The van der Waals surface area contributed by atoms with Crippen molar-refractivity contribution in [3.63, 3.8) is 0 Å². The quantitative estimate of drug-likeness (QED) is 0.708. The minimum Gasteiger partial charge on any atom is -0.389 e. The van der Waals surface area contributed by atoms with Crippen molar-refractivity contribution in [2.75, 3.05) is 19.8 Å². The van der Waals surface area contributed by atoms with Crippen LogP contribution in [-0.4, -0.2) is 41.9 Å². The van der Waals surface area contributed by atoms with Crippen LogP contribution in [-0.2, 0) is 11.3 Å². The van der Waals surface area contributed by atoms with Gasteiger partial charge in [0.1, 0.15) is 0 Å². The lowest BCUT2D eigenvalue weighted by Gasteiger charge is -2.31. The number of benzene rings is 1. The lowest BCUT2D eigenvalue weighted by atomic mass is 10.0. The Labute approximate surface area is 142 Å². The first kappa shape index (κ1) is 20.1. The summed E-state index contributed by atoms with van der Waals surface area (Å²) in [5.41, 5.74) is 3.95. The normalized spacial score (nSPS) is 14.5. The van der Waals surface area contributed by atoms with Gasteiger partial charge in [0, 0.05) is 25.7 Å². The van der Waals surface area contributed by atoms with Gasteiger partial charge in [0.15, 0.2) is 0 Å². The second-order valence-electron chi connectivity index (χ2n) is 7.20. The van der Waals surface area contributed by atoms with Gasteiger partial charge in [-0.3, -0.25) is 4.90 Å². The Kier molecular flexibility index (Phi) is 8.82. The topological polar surface area (TPSA) is 32.7 Å². The molecule has 1 aromatic carbocycles. The van der Waals surface area contributed by atoms with Crippen LogP contribution in [0.5, 0.6) is 0 Å². The number of ether oxygens (including phenoxy) is 1. The number of nitrogens with zero attached hydrogens (tertiary/aromatic N) is 1. The molecule has 132 valence electrons. The van der Waals surface area contributed by atoms with Gasteiger partial charge < -0.3 is 9.84 Å². The molecule has 0 aliphatic carbocycles. The molecule has 0 aromatic heterocycles. The van der Waals surface area contributed by atoms with E-state index >= 15 is 0 Å². The van der Waals surface area contributed by atoms with Gasteiger partial charge in [-0.05, 0) is 44.2 Å². The van der Waals surface area contributed by atoms with E-state index in [0.717, 1.165) is 13.0 Å². The summed E-state index contributed by atoms with van der Waals surface area (Å²) in [6.07, 6.45) is 0.637. The Bertz CT molecular complexity index is 459. The zero-order chi connectivity index (χ0) is 17.4. The largest absolute Gasteiger partial charge is 0.389 e. The maximum Gasteiger partial charge on any atom is 0.0900 e. The molecule has 1 aromatic rings. The van der Waals surface area contributed by atoms with Crippen LogP contribution in [0, 0.1) is 19.8 Å². The van der Waals surface area contributed by atoms with Crippen molar-refractivity contribution in [3.8, 4) is 0 Å². The molecule has 0 bridgehead atoms. The van der Waals surface area contributed by atoms with Crippen molar-refractivity contribution >= 4 is 0 Å². The maximum absolute atomic E-state index is 10.3. The van der Waals surface area contributed by atoms with Gasteiger partial charge in [-0.2, -0.15) is 0 Å². The molecule has 23 heavy (non-hydrogen) atoms. The van der Waals surface area contributed by atoms with E-state index in [9.17, 15) is 5.11 Å². The summed E-state index contributed by atoms with van der Waals surface area (Å²) < 4.78 is 5.59. The molecule has 0 aliphatic heterocycles. The fraction of sp³-hybridized carbons (Fsp3) is 0.700. The predicted octanol–water partition coefficient (Wildman–Crippen LogP) is 3.94. The van der Waals surface area contributed by atoms with E-state index in [2.05, 4.69) is 64.6 Å². The van der Waals surface area contributed by atoms with Crippen molar-refractivity contribution in [2.24, 2.45) is 5.92 Å². The Morgan fingerprint density at radius 1 is 1.13 bits per heavy atom. The zero-order valence-corrected chi connectivity index (χ0v) is 15.8. The molecule has 0 saturated heterocycles. The highest BCUT2D eigenvalue weighted by Gasteiger charge is 2.18. The Hall–Kier alpha value is -0.900. The lowest BCUT2D eigenvalue weighted by Crippen LogP contribution is -2.40. The third kappa shape index (κ3) is 7.47. The third-order valence-electron chi connectivity index (χ3n) is 4.30. The van der Waals surface area contributed by atoms with Crippen molar-refractivity contribution in [1.29, 1.82) is 0 Å². The smallest absolute Gasteiger partial charge is 0.0900 e. The minimum absolute atomic E-state index is 0.415. The molecule has 0 amide bonds. The molecule has 3 nitrogen and oxygen atoms in total. The van der Waals surface area contributed by atoms with Gasteiger partial charge in [0.05, 0.1) is 12.7 Å². The molecule has 3 heteroatoms. The molecular weight excluding hydrogens is 286 g/mol. The molecule has 0 aliphatic rings. The first-order valence-corrected chi connectivity index (χ1v) is 8.89. The molecule has 2 atom stereocenters. The van der Waals surface area contributed by atoms with Crippen molar-refractivity contribution in [3.05, 3.63) is 34.9 Å². The van der Waals surface area contributed by atoms with Gasteiger partial charge in [-0.15, -0.1) is 0 Å². The zero-order valence-electron chi connectivity index (χ0n) is 15.8. The van der Waals surface area contributed by atoms with Crippen molar-refractivity contribution in [1.82, 2.24) is 4.90 Å². The van der Waals surface area contributed by atoms with E-state index < -0.39 is 6.10 Å². The first-order chi connectivity index (χ1) is 10.8. The van der Waals surface area contributed by atoms with Gasteiger partial charge in [-0.25, -0.2) is 0 Å². The molecule has 0 fully saturated rings. The molecule has 2 unspecified atom stereocenters. The van der Waals surface area contributed by atoms with Crippen LogP contribution in [0.1, 0.15) is 50.8 Å². The van der Waals surface area contributed by atoms with E-state index in [-0.39, 0.29) is 0 Å². The highest BCUT2D eigenvalue weighted by molar-refractivity contribution is 5.30. The number of rotatable bonds is 10. The van der Waals surface area contributed by atoms with Crippen LogP contribution >= 0.6 is 0 Å². The van der Waals surface area contributed by atoms with Crippen LogP contribution in [0.3, 0.4) is 0 Å². The third-order valence-corrected chi connectivity index (χ3v) is 4.30. The average molecular weight is 322 g/mol. The monoisotopic (exact) mass is 321 g/mol. The van der Waals surface area contributed by atoms with Gasteiger partial charge in [0.25, 0.3) is 0 Å². The fourth-order valence-electron chi connectivity index (χ4n) is 2.61. The van der Waals surface area contributed by atoms with Crippen LogP contribution in [0.4, 0.5) is 0 Å². The molecule has 1 N–H and O–H groups in total. The van der Waals surface area contributed by atoms with Crippen LogP contribution < -0.4 is 0 Å². The summed E-state index contributed by atoms with van der Waals surface area (Å²) in [7, 11) is 0. The lowest BCUT2D eigenvalue weighted by molar-refractivity contribution is 0.0000861. The second-order valence-corrected chi connectivity index (χ2v) is 7.20. The van der Waals surface area contributed by atoms with Crippen LogP contribution in [0.2, 0.25) is 0 Å². The second kappa shape index (κ2) is 10.1. The molecule has 0 spiro atoms. The Morgan fingerprint density at radius 3 is 2.43 bits per heavy atom. The summed E-state index contributed by atoms with van der Waals surface area (Å²) >= 11 is 0. The number of aryl methyl sites for hydroxylation is 2. The van der Waals surface area contributed by atoms with Crippen molar-refractivity contribution in [2.45, 2.75) is 66.7 Å². The Morgan fingerprint density at radius 2 is 1.83 bits per heavy atom. The van der Waals surface area contributed by atoms with Gasteiger partial charge in [0.2, 0.25) is 0 Å². The summed E-state index contributed by atoms with van der Waals surface area (Å²) in [5.74, 6) is 0.503.